The monoisotopic (exact) mass is 375 g/mol. The fraction of sp³-hybridized carbons (Fsp3) is 0. The molecule has 6 heteroatoms. The van der Waals surface area contributed by atoms with E-state index in [0.29, 0.717) is 28.0 Å². The molecule has 0 unspecified atom stereocenters. The molecule has 1 aromatic heterocycles. The molecule has 1 heterocycles. The molecule has 0 aliphatic carbocycles. The molecule has 5 nitrogen and oxygen atoms in total. The summed E-state index contributed by atoms with van der Waals surface area (Å²) in [5.41, 5.74) is 2.81. The highest BCUT2D eigenvalue weighted by atomic mass is 35.5. The predicted molar refractivity (Wildman–Crippen MR) is 105 cm³/mol. The number of amides is 1. The van der Waals surface area contributed by atoms with E-state index < -0.39 is 0 Å². The number of halogens is 1. The molecular formula is C21H14ClN3O2. The lowest BCUT2D eigenvalue weighted by atomic mass is 10.1. The normalized spacial score (nSPS) is 10.6. The lowest BCUT2D eigenvalue weighted by molar-refractivity contribution is 0.102. The van der Waals surface area contributed by atoms with Crippen LogP contribution in [0.2, 0.25) is 5.02 Å². The first-order valence-electron chi connectivity index (χ1n) is 8.25. The van der Waals surface area contributed by atoms with Crippen molar-refractivity contribution in [2.45, 2.75) is 0 Å². The van der Waals surface area contributed by atoms with Gasteiger partial charge in [-0.3, -0.25) is 4.79 Å². The quantitative estimate of drug-likeness (QED) is 0.525. The van der Waals surface area contributed by atoms with Crippen molar-refractivity contribution in [2.75, 3.05) is 5.32 Å². The second kappa shape index (κ2) is 7.43. The molecule has 4 aromatic rings. The molecule has 132 valence electrons. The third-order valence-electron chi connectivity index (χ3n) is 3.93. The Labute approximate surface area is 160 Å². The van der Waals surface area contributed by atoms with Crippen molar-refractivity contribution in [1.29, 1.82) is 0 Å². The van der Waals surface area contributed by atoms with Crippen LogP contribution in [0.5, 0.6) is 0 Å². The predicted octanol–water partition coefficient (Wildman–Crippen LogP) is 5.31. The van der Waals surface area contributed by atoms with Gasteiger partial charge in [0.05, 0.1) is 0 Å². The van der Waals surface area contributed by atoms with E-state index in [9.17, 15) is 4.79 Å². The number of aromatic nitrogens is 2. The third kappa shape index (κ3) is 3.88. The van der Waals surface area contributed by atoms with Crippen LogP contribution in [0.4, 0.5) is 5.69 Å². The van der Waals surface area contributed by atoms with Crippen LogP contribution < -0.4 is 5.32 Å². The van der Waals surface area contributed by atoms with Crippen LogP contribution in [0.1, 0.15) is 10.4 Å². The van der Waals surface area contributed by atoms with Crippen molar-refractivity contribution in [3.63, 3.8) is 0 Å². The summed E-state index contributed by atoms with van der Waals surface area (Å²) < 4.78 is 5.35. The van der Waals surface area contributed by atoms with Gasteiger partial charge in [-0.05, 0) is 42.5 Å². The molecule has 0 spiro atoms. The minimum Gasteiger partial charge on any atom is -0.334 e. The van der Waals surface area contributed by atoms with Gasteiger partial charge >= 0.3 is 0 Å². The number of nitrogens with zero attached hydrogens (tertiary/aromatic N) is 2. The molecule has 0 fully saturated rings. The Hall–Kier alpha value is -3.44. The number of anilines is 1. The number of carbonyl (C=O) groups excluding carboxylic acids is 1. The first kappa shape index (κ1) is 17.0. The third-order valence-corrected chi connectivity index (χ3v) is 4.17. The van der Waals surface area contributed by atoms with Crippen molar-refractivity contribution in [1.82, 2.24) is 10.1 Å². The number of carbonyl (C=O) groups is 1. The Kier molecular flexibility index (Phi) is 4.68. The van der Waals surface area contributed by atoms with Crippen LogP contribution in [-0.2, 0) is 0 Å². The highest BCUT2D eigenvalue weighted by Crippen LogP contribution is 2.23. The molecule has 1 amide bonds. The number of hydrogen-bond donors (Lipinski definition) is 1. The van der Waals surface area contributed by atoms with Gasteiger partial charge in [-0.2, -0.15) is 4.98 Å². The average Bonchev–Trinajstić information content (AvgIpc) is 3.19. The molecule has 0 radical (unpaired) electrons. The van der Waals surface area contributed by atoms with Gasteiger partial charge in [0.2, 0.25) is 5.82 Å². The van der Waals surface area contributed by atoms with Crippen molar-refractivity contribution >= 4 is 23.2 Å². The maximum Gasteiger partial charge on any atom is 0.258 e. The van der Waals surface area contributed by atoms with Crippen molar-refractivity contribution in [2.24, 2.45) is 0 Å². The number of nitrogens with one attached hydrogen (secondary N) is 1. The molecule has 27 heavy (non-hydrogen) atoms. The van der Waals surface area contributed by atoms with Crippen LogP contribution in [-0.4, -0.2) is 16.0 Å². The van der Waals surface area contributed by atoms with Crippen LogP contribution in [0.15, 0.2) is 83.4 Å². The largest absolute Gasteiger partial charge is 0.334 e. The Morgan fingerprint density at radius 2 is 1.67 bits per heavy atom. The van der Waals surface area contributed by atoms with E-state index in [2.05, 4.69) is 15.5 Å². The molecule has 0 bridgehead atoms. The van der Waals surface area contributed by atoms with Crippen molar-refractivity contribution in [3.8, 4) is 22.8 Å². The lowest BCUT2D eigenvalue weighted by Crippen LogP contribution is -2.11. The van der Waals surface area contributed by atoms with E-state index in [1.54, 1.807) is 36.4 Å². The van der Waals surface area contributed by atoms with Crippen LogP contribution in [0, 0.1) is 0 Å². The average molecular weight is 376 g/mol. The summed E-state index contributed by atoms with van der Waals surface area (Å²) in [6, 6.07) is 23.6. The Balaban J connectivity index is 1.49. The standard InChI is InChI=1S/C21H14ClN3O2/c22-17-8-4-7-16(13-17)20(26)23-18-11-9-15(10-12-18)21-24-19(25-27-21)14-5-2-1-3-6-14/h1-13H,(H,23,26). The first-order chi connectivity index (χ1) is 13.2. The molecule has 3 aromatic carbocycles. The maximum absolute atomic E-state index is 12.3. The summed E-state index contributed by atoms with van der Waals surface area (Å²) in [6.07, 6.45) is 0. The van der Waals surface area contributed by atoms with Crippen LogP contribution >= 0.6 is 11.6 Å². The fourth-order valence-corrected chi connectivity index (χ4v) is 2.76. The molecule has 1 N–H and O–H groups in total. The van der Waals surface area contributed by atoms with Crippen LogP contribution in [0.3, 0.4) is 0 Å². The summed E-state index contributed by atoms with van der Waals surface area (Å²) in [6.45, 7) is 0. The van der Waals surface area contributed by atoms with E-state index in [4.69, 9.17) is 16.1 Å². The second-order valence-electron chi connectivity index (χ2n) is 5.83. The molecule has 0 aliphatic rings. The molecule has 4 rings (SSSR count). The van der Waals surface area contributed by atoms with Gasteiger partial charge in [0.15, 0.2) is 0 Å². The molecule has 0 aliphatic heterocycles. The van der Waals surface area contributed by atoms with Gasteiger partial charge in [0.1, 0.15) is 0 Å². The van der Waals surface area contributed by atoms with Gasteiger partial charge in [-0.25, -0.2) is 0 Å². The zero-order chi connectivity index (χ0) is 18.6. The van der Waals surface area contributed by atoms with Crippen LogP contribution in [0.25, 0.3) is 22.8 Å². The van der Waals surface area contributed by atoms with Gasteiger partial charge in [0, 0.05) is 27.4 Å². The second-order valence-corrected chi connectivity index (χ2v) is 6.27. The minimum absolute atomic E-state index is 0.227. The van der Waals surface area contributed by atoms with E-state index in [0.717, 1.165) is 11.1 Å². The fourth-order valence-electron chi connectivity index (χ4n) is 2.57. The highest BCUT2D eigenvalue weighted by molar-refractivity contribution is 6.31. The first-order valence-corrected chi connectivity index (χ1v) is 8.63. The Bertz CT molecular complexity index is 1080. The SMILES string of the molecule is O=C(Nc1ccc(-c2nc(-c3ccccc3)no2)cc1)c1cccc(Cl)c1. The van der Waals surface area contributed by atoms with E-state index in [1.807, 2.05) is 42.5 Å². The van der Waals surface area contributed by atoms with E-state index in [1.165, 1.54) is 0 Å². The lowest BCUT2D eigenvalue weighted by Gasteiger charge is -2.06. The summed E-state index contributed by atoms with van der Waals surface area (Å²) in [5, 5.41) is 7.36. The Morgan fingerprint density at radius 1 is 0.889 bits per heavy atom. The number of hydrogen-bond acceptors (Lipinski definition) is 4. The van der Waals surface area contributed by atoms with Gasteiger partial charge in [-0.15, -0.1) is 0 Å². The summed E-state index contributed by atoms with van der Waals surface area (Å²) in [4.78, 5) is 16.7. The highest BCUT2D eigenvalue weighted by Gasteiger charge is 2.11. The number of rotatable bonds is 4. The molecular weight excluding hydrogens is 362 g/mol. The van der Waals surface area contributed by atoms with E-state index >= 15 is 0 Å². The minimum atomic E-state index is -0.227. The Morgan fingerprint density at radius 3 is 2.41 bits per heavy atom. The molecule has 0 atom stereocenters. The topological polar surface area (TPSA) is 68.0 Å². The smallest absolute Gasteiger partial charge is 0.258 e. The van der Waals surface area contributed by atoms with E-state index in [-0.39, 0.29) is 5.91 Å². The summed E-state index contributed by atoms with van der Waals surface area (Å²) >= 11 is 5.92. The zero-order valence-corrected chi connectivity index (χ0v) is 14.9. The van der Waals surface area contributed by atoms with Crippen molar-refractivity contribution in [3.05, 3.63) is 89.4 Å². The van der Waals surface area contributed by atoms with Gasteiger partial charge in [0.25, 0.3) is 11.8 Å². The number of benzene rings is 3. The molecule has 0 saturated carbocycles. The summed E-state index contributed by atoms with van der Waals surface area (Å²) in [5.74, 6) is 0.722. The zero-order valence-electron chi connectivity index (χ0n) is 14.1. The van der Waals surface area contributed by atoms with Crippen molar-refractivity contribution < 1.29 is 9.32 Å². The summed E-state index contributed by atoms with van der Waals surface area (Å²) in [7, 11) is 0. The maximum atomic E-state index is 12.3. The van der Waals surface area contributed by atoms with Gasteiger partial charge in [-0.1, -0.05) is 53.2 Å². The van der Waals surface area contributed by atoms with Gasteiger partial charge < -0.3 is 9.84 Å². The molecule has 0 saturated heterocycles.